The van der Waals surface area contributed by atoms with Crippen LogP contribution < -0.4 is 0 Å². The molecule has 0 saturated heterocycles. The van der Waals surface area contributed by atoms with Gasteiger partial charge in [0, 0.05) is 29.7 Å². The van der Waals surface area contributed by atoms with Crippen molar-refractivity contribution in [3.05, 3.63) is 51.8 Å². The van der Waals surface area contributed by atoms with Crippen molar-refractivity contribution in [2.75, 3.05) is 0 Å². The molecule has 0 radical (unpaired) electrons. The molecule has 1 aromatic heterocycles. The number of hydrogen-bond acceptors (Lipinski definition) is 1. The maximum absolute atomic E-state index is 5.96. The lowest BCUT2D eigenvalue weighted by molar-refractivity contribution is 0.589. The van der Waals surface area contributed by atoms with Crippen LogP contribution in [-0.4, -0.2) is 10.8 Å². The fourth-order valence-corrected chi connectivity index (χ4v) is 2.25. The van der Waals surface area contributed by atoms with Gasteiger partial charge in [-0.05, 0) is 45.0 Å². The Morgan fingerprint density at radius 1 is 1.16 bits per heavy atom. The Kier molecular flexibility index (Phi) is 4.33. The van der Waals surface area contributed by atoms with E-state index in [4.69, 9.17) is 23.2 Å². The monoisotopic (exact) mass is 294 g/mol. The summed E-state index contributed by atoms with van der Waals surface area (Å²) in [7, 11) is 0. The van der Waals surface area contributed by atoms with Crippen LogP contribution in [0.3, 0.4) is 0 Å². The molecule has 0 atom stereocenters. The van der Waals surface area contributed by atoms with E-state index in [1.807, 2.05) is 12.3 Å². The number of aromatic nitrogens is 1. The summed E-state index contributed by atoms with van der Waals surface area (Å²) in [4.78, 5) is 4.41. The topological polar surface area (TPSA) is 17.3 Å². The number of hydrogen-bond donors (Lipinski definition) is 0. The van der Waals surface area contributed by atoms with Crippen molar-refractivity contribution in [1.29, 1.82) is 0 Å². The second-order valence-corrected chi connectivity index (χ2v) is 5.59. The average Bonchev–Trinajstić information content (AvgIpc) is 2.72. The van der Waals surface area contributed by atoms with Crippen LogP contribution in [0.2, 0.25) is 10.0 Å². The third kappa shape index (κ3) is 3.40. The van der Waals surface area contributed by atoms with E-state index < -0.39 is 0 Å². The molecule has 1 aromatic carbocycles. The summed E-state index contributed by atoms with van der Waals surface area (Å²) in [5.41, 5.74) is 3.10. The first-order valence-corrected chi connectivity index (χ1v) is 6.90. The van der Waals surface area contributed by atoms with Gasteiger partial charge in [-0.25, -0.2) is 0 Å². The molecule has 0 bridgehead atoms. The molecule has 2 nitrogen and oxygen atoms in total. The lowest BCUT2D eigenvalue weighted by atomic mass is 10.3. The molecule has 100 valence electrons. The number of halogens is 2. The first-order valence-electron chi connectivity index (χ1n) is 6.15. The van der Waals surface area contributed by atoms with Crippen molar-refractivity contribution in [1.82, 2.24) is 4.57 Å². The van der Waals surface area contributed by atoms with E-state index in [1.165, 1.54) is 5.69 Å². The second-order valence-electron chi connectivity index (χ2n) is 4.77. The zero-order valence-corrected chi connectivity index (χ0v) is 12.7. The minimum atomic E-state index is 0.451. The van der Waals surface area contributed by atoms with E-state index in [9.17, 15) is 0 Å². The third-order valence-electron chi connectivity index (χ3n) is 2.89. The molecule has 0 spiro atoms. The predicted molar refractivity (Wildman–Crippen MR) is 83.3 cm³/mol. The molecule has 2 aromatic rings. The minimum absolute atomic E-state index is 0.451. The van der Waals surface area contributed by atoms with Crippen molar-refractivity contribution < 1.29 is 0 Å². The molecule has 19 heavy (non-hydrogen) atoms. The number of benzene rings is 1. The maximum Gasteiger partial charge on any atom is 0.0645 e. The zero-order chi connectivity index (χ0) is 14.0. The van der Waals surface area contributed by atoms with Gasteiger partial charge in [0.1, 0.15) is 0 Å². The van der Waals surface area contributed by atoms with Crippen molar-refractivity contribution >= 4 is 35.1 Å². The summed E-state index contributed by atoms with van der Waals surface area (Å²) >= 11 is 11.8. The molecular weight excluding hydrogens is 279 g/mol. The van der Waals surface area contributed by atoms with Gasteiger partial charge in [0.2, 0.25) is 0 Å². The zero-order valence-electron chi connectivity index (χ0n) is 11.2. The summed E-state index contributed by atoms with van der Waals surface area (Å²) in [6, 6.07) is 7.92. The van der Waals surface area contributed by atoms with Gasteiger partial charge < -0.3 is 4.57 Å². The Labute approximate surface area is 123 Å². The van der Waals surface area contributed by atoms with Gasteiger partial charge in [-0.3, -0.25) is 4.99 Å². The second kappa shape index (κ2) is 5.81. The summed E-state index contributed by atoms with van der Waals surface area (Å²) < 4.78 is 2.22. The molecule has 2 rings (SSSR count). The Morgan fingerprint density at radius 3 is 2.47 bits per heavy atom. The van der Waals surface area contributed by atoms with Gasteiger partial charge in [-0.15, -0.1) is 0 Å². The highest BCUT2D eigenvalue weighted by Gasteiger charge is 2.03. The predicted octanol–water partition coefficient (Wildman–Crippen LogP) is 5.43. The van der Waals surface area contributed by atoms with Crippen molar-refractivity contribution in [3.63, 3.8) is 0 Å². The molecule has 0 N–H and O–H groups in total. The Morgan fingerprint density at radius 2 is 1.89 bits per heavy atom. The van der Waals surface area contributed by atoms with E-state index in [-0.39, 0.29) is 0 Å². The maximum atomic E-state index is 5.96. The van der Waals surface area contributed by atoms with Gasteiger partial charge in [-0.1, -0.05) is 23.2 Å². The molecule has 0 aliphatic heterocycles. The fourth-order valence-electron chi connectivity index (χ4n) is 1.96. The quantitative estimate of drug-likeness (QED) is 0.671. The van der Waals surface area contributed by atoms with E-state index in [2.05, 4.69) is 42.6 Å². The lowest BCUT2D eigenvalue weighted by Crippen LogP contribution is -2.00. The summed E-state index contributed by atoms with van der Waals surface area (Å²) in [6.07, 6.45) is 3.94. The fraction of sp³-hybridized carbons (Fsp3) is 0.267. The molecule has 0 saturated carbocycles. The number of rotatable bonds is 3. The molecule has 0 aliphatic rings. The molecular formula is C15H16Cl2N2. The van der Waals surface area contributed by atoms with Crippen LogP contribution in [0.4, 0.5) is 5.69 Å². The van der Waals surface area contributed by atoms with Gasteiger partial charge in [-0.2, -0.15) is 0 Å². The Bertz CT molecular complexity index is 613. The summed E-state index contributed by atoms with van der Waals surface area (Å²) in [5, 5.41) is 1.06. The summed E-state index contributed by atoms with van der Waals surface area (Å²) in [6.45, 7) is 6.41. The minimum Gasteiger partial charge on any atom is -0.349 e. The highest BCUT2D eigenvalue weighted by Crippen LogP contribution is 2.26. The van der Waals surface area contributed by atoms with Gasteiger partial charge >= 0.3 is 0 Å². The van der Waals surface area contributed by atoms with E-state index in [0.717, 1.165) is 11.3 Å². The van der Waals surface area contributed by atoms with E-state index in [0.29, 0.717) is 16.1 Å². The van der Waals surface area contributed by atoms with Gasteiger partial charge in [0.25, 0.3) is 0 Å². The van der Waals surface area contributed by atoms with Gasteiger partial charge in [0.15, 0.2) is 0 Å². The van der Waals surface area contributed by atoms with E-state index in [1.54, 1.807) is 12.1 Å². The van der Waals surface area contributed by atoms with Crippen LogP contribution in [0.1, 0.15) is 31.1 Å². The molecule has 0 unspecified atom stereocenters. The molecule has 1 heterocycles. The standard InChI is InChI=1S/C15H16Cl2N2/c1-10(2)19-9-12(6-11(19)3)8-18-13-4-5-14(16)15(17)7-13/h4-10H,1-3H3. The van der Waals surface area contributed by atoms with E-state index >= 15 is 0 Å². The van der Waals surface area contributed by atoms with Crippen molar-refractivity contribution in [3.8, 4) is 0 Å². The highest BCUT2D eigenvalue weighted by molar-refractivity contribution is 6.42. The van der Waals surface area contributed by atoms with Crippen LogP contribution in [-0.2, 0) is 0 Å². The van der Waals surface area contributed by atoms with Crippen LogP contribution in [0.5, 0.6) is 0 Å². The molecule has 0 aliphatic carbocycles. The third-order valence-corrected chi connectivity index (χ3v) is 3.63. The number of nitrogens with zero attached hydrogens (tertiary/aromatic N) is 2. The molecule has 0 fully saturated rings. The first kappa shape index (κ1) is 14.2. The number of aliphatic imine (C=N–C) groups is 1. The molecule has 4 heteroatoms. The number of aryl methyl sites for hydroxylation is 1. The highest BCUT2D eigenvalue weighted by atomic mass is 35.5. The van der Waals surface area contributed by atoms with Crippen LogP contribution in [0.25, 0.3) is 0 Å². The van der Waals surface area contributed by atoms with Crippen LogP contribution in [0.15, 0.2) is 35.5 Å². The largest absolute Gasteiger partial charge is 0.349 e. The molecule has 0 amide bonds. The van der Waals surface area contributed by atoms with Crippen molar-refractivity contribution in [2.24, 2.45) is 4.99 Å². The van der Waals surface area contributed by atoms with Gasteiger partial charge in [0.05, 0.1) is 15.7 Å². The SMILES string of the molecule is Cc1cc(C=Nc2ccc(Cl)c(Cl)c2)cn1C(C)C. The van der Waals surface area contributed by atoms with Crippen LogP contribution >= 0.6 is 23.2 Å². The van der Waals surface area contributed by atoms with Crippen LogP contribution in [0, 0.1) is 6.92 Å². The Hall–Kier alpha value is -1.25. The lowest BCUT2D eigenvalue weighted by Gasteiger charge is -2.08. The normalized spacial score (nSPS) is 11.7. The smallest absolute Gasteiger partial charge is 0.0645 e. The Balaban J connectivity index is 2.22. The summed E-state index contributed by atoms with van der Waals surface area (Å²) in [5.74, 6) is 0. The van der Waals surface area contributed by atoms with Crippen molar-refractivity contribution in [2.45, 2.75) is 26.8 Å². The average molecular weight is 295 g/mol. The first-order chi connectivity index (χ1) is 8.97.